The number of aromatic nitrogens is 1. The maximum Gasteiger partial charge on any atom is 0.194 e. The summed E-state index contributed by atoms with van der Waals surface area (Å²) in [7, 11) is 0. The first-order valence-corrected chi connectivity index (χ1v) is 7.96. The van der Waals surface area contributed by atoms with Crippen LogP contribution in [0.3, 0.4) is 0 Å². The molecule has 1 unspecified atom stereocenters. The molecule has 1 N–H and O–H groups in total. The van der Waals surface area contributed by atoms with Crippen LogP contribution in [0.15, 0.2) is 23.0 Å². The first-order chi connectivity index (χ1) is 10.0. The molecule has 0 aliphatic carbocycles. The SMILES string of the molecule is Cc1[nH]c2ccc(Cl)cc2c(=O)c1CN1CCCC(C)C1. The molecule has 1 aromatic carbocycles. The van der Waals surface area contributed by atoms with Crippen LogP contribution < -0.4 is 5.43 Å². The van der Waals surface area contributed by atoms with E-state index < -0.39 is 0 Å². The Hall–Kier alpha value is -1.32. The molecule has 0 saturated carbocycles. The lowest BCUT2D eigenvalue weighted by Gasteiger charge is -2.31. The minimum atomic E-state index is 0.113. The largest absolute Gasteiger partial charge is 0.358 e. The maximum atomic E-state index is 12.8. The molecule has 21 heavy (non-hydrogen) atoms. The molecule has 0 spiro atoms. The topological polar surface area (TPSA) is 36.1 Å². The molecule has 3 nitrogen and oxygen atoms in total. The van der Waals surface area contributed by atoms with Crippen LogP contribution in [0.4, 0.5) is 0 Å². The van der Waals surface area contributed by atoms with Gasteiger partial charge in [-0.15, -0.1) is 0 Å². The lowest BCUT2D eigenvalue weighted by molar-refractivity contribution is 0.176. The van der Waals surface area contributed by atoms with Gasteiger partial charge in [-0.25, -0.2) is 0 Å². The van der Waals surface area contributed by atoms with E-state index in [9.17, 15) is 4.79 Å². The number of nitrogens with zero attached hydrogens (tertiary/aromatic N) is 1. The molecule has 2 heterocycles. The third-order valence-corrected chi connectivity index (χ3v) is 4.63. The van der Waals surface area contributed by atoms with Gasteiger partial charge in [0, 0.05) is 40.3 Å². The molecule has 3 rings (SSSR count). The van der Waals surface area contributed by atoms with E-state index in [0.717, 1.165) is 36.4 Å². The van der Waals surface area contributed by atoms with Gasteiger partial charge >= 0.3 is 0 Å². The minimum Gasteiger partial charge on any atom is -0.358 e. The summed E-state index contributed by atoms with van der Waals surface area (Å²) >= 11 is 6.03. The number of H-pyrrole nitrogens is 1. The van der Waals surface area contributed by atoms with Crippen LogP contribution in [0.1, 0.15) is 31.0 Å². The Morgan fingerprint density at radius 3 is 3.00 bits per heavy atom. The lowest BCUT2D eigenvalue weighted by Crippen LogP contribution is -2.35. The molecule has 4 heteroatoms. The number of rotatable bonds is 2. The van der Waals surface area contributed by atoms with Crippen molar-refractivity contribution >= 4 is 22.5 Å². The smallest absolute Gasteiger partial charge is 0.194 e. The van der Waals surface area contributed by atoms with Crippen LogP contribution in [0.5, 0.6) is 0 Å². The van der Waals surface area contributed by atoms with Crippen LogP contribution in [0, 0.1) is 12.8 Å². The van der Waals surface area contributed by atoms with Gasteiger partial charge < -0.3 is 4.98 Å². The molecule has 1 aliphatic rings. The van der Waals surface area contributed by atoms with Gasteiger partial charge in [0.2, 0.25) is 0 Å². The van der Waals surface area contributed by atoms with Crippen LogP contribution in [0.25, 0.3) is 10.9 Å². The predicted molar refractivity (Wildman–Crippen MR) is 88.0 cm³/mol. The zero-order valence-electron chi connectivity index (χ0n) is 12.6. The van der Waals surface area contributed by atoms with Crippen molar-refractivity contribution in [2.24, 2.45) is 5.92 Å². The summed E-state index contributed by atoms with van der Waals surface area (Å²) in [6, 6.07) is 5.45. The summed E-state index contributed by atoms with van der Waals surface area (Å²) in [5.74, 6) is 0.716. The van der Waals surface area contributed by atoms with Crippen molar-refractivity contribution in [2.75, 3.05) is 13.1 Å². The van der Waals surface area contributed by atoms with E-state index >= 15 is 0 Å². The second-order valence-electron chi connectivity index (χ2n) is 6.23. The van der Waals surface area contributed by atoms with Gasteiger partial charge in [0.05, 0.1) is 0 Å². The molecule has 0 radical (unpaired) electrons. The van der Waals surface area contributed by atoms with Crippen molar-refractivity contribution in [1.29, 1.82) is 0 Å². The molecule has 1 fully saturated rings. The molecule has 1 aliphatic heterocycles. The fraction of sp³-hybridized carbons (Fsp3) is 0.471. The van der Waals surface area contributed by atoms with Gasteiger partial charge in [0.15, 0.2) is 5.43 Å². The van der Waals surface area contributed by atoms with Crippen LogP contribution in [0.2, 0.25) is 5.02 Å². The zero-order valence-corrected chi connectivity index (χ0v) is 13.3. The fourth-order valence-corrected chi connectivity index (χ4v) is 3.44. The van der Waals surface area contributed by atoms with E-state index in [4.69, 9.17) is 11.6 Å². The molecule has 0 amide bonds. The van der Waals surface area contributed by atoms with Crippen molar-refractivity contribution in [3.63, 3.8) is 0 Å². The van der Waals surface area contributed by atoms with E-state index in [1.54, 1.807) is 6.07 Å². The number of halogens is 1. The van der Waals surface area contributed by atoms with Gasteiger partial charge in [-0.1, -0.05) is 18.5 Å². The third kappa shape index (κ3) is 2.99. The maximum absolute atomic E-state index is 12.8. The number of hydrogen-bond acceptors (Lipinski definition) is 2. The number of hydrogen-bond donors (Lipinski definition) is 1. The summed E-state index contributed by atoms with van der Waals surface area (Å²) < 4.78 is 0. The van der Waals surface area contributed by atoms with Gasteiger partial charge in [0.1, 0.15) is 0 Å². The van der Waals surface area contributed by atoms with Crippen LogP contribution in [-0.2, 0) is 6.54 Å². The summed E-state index contributed by atoms with van der Waals surface area (Å²) in [6.45, 7) is 7.15. The van der Waals surface area contributed by atoms with E-state index in [1.165, 1.54) is 12.8 Å². The number of piperidine rings is 1. The number of aryl methyl sites for hydroxylation is 1. The third-order valence-electron chi connectivity index (χ3n) is 4.40. The monoisotopic (exact) mass is 304 g/mol. The Kier molecular flexibility index (Phi) is 4.05. The Balaban J connectivity index is 2.00. The number of aromatic amines is 1. The number of likely N-dealkylation sites (tertiary alicyclic amines) is 1. The van der Waals surface area contributed by atoms with Crippen molar-refractivity contribution in [3.05, 3.63) is 44.7 Å². The van der Waals surface area contributed by atoms with Gasteiger partial charge in [-0.2, -0.15) is 0 Å². The van der Waals surface area contributed by atoms with Gasteiger partial charge in [-0.05, 0) is 50.4 Å². The van der Waals surface area contributed by atoms with Gasteiger partial charge in [-0.3, -0.25) is 9.69 Å². The number of pyridine rings is 1. The average molecular weight is 305 g/mol. The normalized spacial score (nSPS) is 20.0. The predicted octanol–water partition coefficient (Wildman–Crippen LogP) is 3.72. The summed E-state index contributed by atoms with van der Waals surface area (Å²) in [5.41, 5.74) is 2.81. The average Bonchev–Trinajstić information content (AvgIpc) is 2.45. The lowest BCUT2D eigenvalue weighted by atomic mass is 9.99. The number of nitrogens with one attached hydrogen (secondary N) is 1. The van der Waals surface area contributed by atoms with Crippen molar-refractivity contribution in [2.45, 2.75) is 33.2 Å². The quantitative estimate of drug-likeness (QED) is 0.918. The Bertz CT molecular complexity index is 723. The fourth-order valence-electron chi connectivity index (χ4n) is 3.27. The standard InChI is InChI=1S/C17H21ClN2O/c1-11-4-3-7-20(9-11)10-15-12(2)19-16-6-5-13(18)8-14(16)17(15)21/h5-6,8,11H,3-4,7,9-10H2,1-2H3,(H,19,21). The number of benzene rings is 1. The van der Waals surface area contributed by atoms with E-state index in [1.807, 2.05) is 19.1 Å². The first-order valence-electron chi connectivity index (χ1n) is 7.58. The first kappa shape index (κ1) is 14.6. The van der Waals surface area contributed by atoms with Gasteiger partial charge in [0.25, 0.3) is 0 Å². The Labute approximate surface area is 129 Å². The second-order valence-corrected chi connectivity index (χ2v) is 6.67. The summed E-state index contributed by atoms with van der Waals surface area (Å²) in [4.78, 5) is 18.5. The number of fused-ring (bicyclic) bond motifs is 1. The van der Waals surface area contributed by atoms with E-state index in [2.05, 4.69) is 16.8 Å². The molecule has 112 valence electrons. The van der Waals surface area contributed by atoms with Crippen molar-refractivity contribution in [1.82, 2.24) is 9.88 Å². The summed E-state index contributed by atoms with van der Waals surface area (Å²) in [6.07, 6.45) is 2.51. The molecular weight excluding hydrogens is 284 g/mol. The minimum absolute atomic E-state index is 0.113. The molecule has 1 saturated heterocycles. The molecule has 1 aromatic heterocycles. The zero-order chi connectivity index (χ0) is 15.0. The highest BCUT2D eigenvalue weighted by molar-refractivity contribution is 6.31. The molecule has 1 atom stereocenters. The van der Waals surface area contributed by atoms with Crippen molar-refractivity contribution in [3.8, 4) is 0 Å². The highest BCUT2D eigenvalue weighted by Crippen LogP contribution is 2.20. The summed E-state index contributed by atoms with van der Waals surface area (Å²) in [5, 5.41) is 1.29. The Morgan fingerprint density at radius 1 is 1.43 bits per heavy atom. The van der Waals surface area contributed by atoms with Crippen molar-refractivity contribution < 1.29 is 0 Å². The second kappa shape index (κ2) is 5.82. The molecule has 2 aromatic rings. The van der Waals surface area contributed by atoms with E-state index in [-0.39, 0.29) is 5.43 Å². The molecular formula is C17H21ClN2O. The van der Waals surface area contributed by atoms with Crippen LogP contribution >= 0.6 is 11.6 Å². The van der Waals surface area contributed by atoms with Crippen LogP contribution in [-0.4, -0.2) is 23.0 Å². The molecule has 0 bridgehead atoms. The highest BCUT2D eigenvalue weighted by Gasteiger charge is 2.19. The van der Waals surface area contributed by atoms with E-state index in [0.29, 0.717) is 16.3 Å². The highest BCUT2D eigenvalue weighted by atomic mass is 35.5. The Morgan fingerprint density at radius 2 is 2.24 bits per heavy atom.